The minimum absolute atomic E-state index is 0.888. The first-order chi connectivity index (χ1) is 6.22. The standard InChI is InChI=1S/C8H5BrINOS/c1-12-5-3-2-4(9)6-7(5)13-8(10)11-6/h2-3H,1H3. The maximum Gasteiger partial charge on any atom is 0.155 e. The number of hydrogen-bond donors (Lipinski definition) is 0. The van der Waals surface area contributed by atoms with Gasteiger partial charge in [-0.05, 0) is 50.7 Å². The summed E-state index contributed by atoms with van der Waals surface area (Å²) in [5.41, 5.74) is 0.980. The van der Waals surface area contributed by atoms with Crippen molar-refractivity contribution in [3.63, 3.8) is 0 Å². The number of thiazole rings is 1. The third kappa shape index (κ3) is 1.69. The second-order valence-corrected chi connectivity index (χ2v) is 6.00. The van der Waals surface area contributed by atoms with E-state index in [2.05, 4.69) is 43.5 Å². The lowest BCUT2D eigenvalue weighted by atomic mass is 10.3. The Bertz CT molecular complexity index is 457. The van der Waals surface area contributed by atoms with Gasteiger partial charge in [0.05, 0.1) is 11.8 Å². The highest BCUT2D eigenvalue weighted by Gasteiger charge is 2.09. The summed E-state index contributed by atoms with van der Waals surface area (Å²) < 4.78 is 8.38. The number of aromatic nitrogens is 1. The van der Waals surface area contributed by atoms with E-state index in [4.69, 9.17) is 4.74 Å². The Morgan fingerprint density at radius 1 is 1.54 bits per heavy atom. The molecule has 0 unspecified atom stereocenters. The summed E-state index contributed by atoms with van der Waals surface area (Å²) in [6.45, 7) is 0. The normalized spacial score (nSPS) is 10.7. The summed E-state index contributed by atoms with van der Waals surface area (Å²) >= 11 is 7.31. The van der Waals surface area contributed by atoms with Crippen LogP contribution in [-0.2, 0) is 0 Å². The molecular formula is C8H5BrINOS. The van der Waals surface area contributed by atoms with Crippen LogP contribution in [0.25, 0.3) is 10.2 Å². The van der Waals surface area contributed by atoms with Crippen molar-refractivity contribution in [1.29, 1.82) is 0 Å². The van der Waals surface area contributed by atoms with Crippen molar-refractivity contribution in [3.05, 3.63) is 19.6 Å². The molecule has 0 N–H and O–H groups in total. The van der Waals surface area contributed by atoms with Gasteiger partial charge in [-0.2, -0.15) is 0 Å². The van der Waals surface area contributed by atoms with Gasteiger partial charge in [-0.1, -0.05) is 0 Å². The van der Waals surface area contributed by atoms with Crippen molar-refractivity contribution < 1.29 is 4.74 Å². The monoisotopic (exact) mass is 369 g/mol. The number of halogens is 2. The van der Waals surface area contributed by atoms with Crippen LogP contribution >= 0.6 is 49.9 Å². The van der Waals surface area contributed by atoms with E-state index in [0.717, 1.165) is 23.5 Å². The Morgan fingerprint density at radius 3 is 3.00 bits per heavy atom. The molecule has 0 radical (unpaired) electrons. The fourth-order valence-electron chi connectivity index (χ4n) is 1.09. The van der Waals surface area contributed by atoms with Gasteiger partial charge in [-0.15, -0.1) is 11.3 Å². The molecule has 0 bridgehead atoms. The van der Waals surface area contributed by atoms with E-state index in [1.807, 2.05) is 12.1 Å². The molecule has 0 fully saturated rings. The van der Waals surface area contributed by atoms with Gasteiger partial charge in [0.15, 0.2) is 3.01 Å². The SMILES string of the molecule is COc1ccc(Br)c2nc(I)sc12. The quantitative estimate of drug-likeness (QED) is 0.715. The Labute approximate surface area is 102 Å². The van der Waals surface area contributed by atoms with Crippen LogP contribution in [-0.4, -0.2) is 12.1 Å². The number of benzene rings is 1. The average molecular weight is 370 g/mol. The molecule has 0 atom stereocenters. The number of fused-ring (bicyclic) bond motifs is 1. The first kappa shape index (κ1) is 9.67. The van der Waals surface area contributed by atoms with E-state index < -0.39 is 0 Å². The van der Waals surface area contributed by atoms with Crippen LogP contribution < -0.4 is 4.74 Å². The van der Waals surface area contributed by atoms with Gasteiger partial charge in [-0.25, -0.2) is 4.98 Å². The maximum atomic E-state index is 5.24. The predicted octanol–water partition coefficient (Wildman–Crippen LogP) is 3.67. The highest BCUT2D eigenvalue weighted by molar-refractivity contribution is 14.1. The predicted molar refractivity (Wildman–Crippen MR) is 66.6 cm³/mol. The van der Waals surface area contributed by atoms with Crippen LogP contribution in [0.2, 0.25) is 0 Å². The molecule has 68 valence electrons. The summed E-state index contributed by atoms with van der Waals surface area (Å²) in [6, 6.07) is 3.90. The van der Waals surface area contributed by atoms with E-state index in [-0.39, 0.29) is 0 Å². The molecule has 1 heterocycles. The fraction of sp³-hybridized carbons (Fsp3) is 0.125. The van der Waals surface area contributed by atoms with Gasteiger partial charge in [0.1, 0.15) is 11.3 Å². The highest BCUT2D eigenvalue weighted by Crippen LogP contribution is 2.35. The molecule has 0 spiro atoms. The molecular weight excluding hydrogens is 365 g/mol. The van der Waals surface area contributed by atoms with Crippen LogP contribution in [0.5, 0.6) is 5.75 Å². The third-order valence-electron chi connectivity index (χ3n) is 1.65. The smallest absolute Gasteiger partial charge is 0.155 e. The molecule has 0 saturated carbocycles. The Balaban J connectivity index is 2.83. The minimum atomic E-state index is 0.888. The summed E-state index contributed by atoms with van der Waals surface area (Å²) in [5.74, 6) is 0.888. The largest absolute Gasteiger partial charge is 0.495 e. The lowest BCUT2D eigenvalue weighted by molar-refractivity contribution is 0.420. The first-order valence-electron chi connectivity index (χ1n) is 3.51. The van der Waals surface area contributed by atoms with Crippen molar-refractivity contribution in [3.8, 4) is 5.75 Å². The van der Waals surface area contributed by atoms with Crippen LogP contribution in [0.15, 0.2) is 16.6 Å². The van der Waals surface area contributed by atoms with Crippen molar-refractivity contribution in [2.75, 3.05) is 7.11 Å². The Kier molecular flexibility index (Phi) is 2.75. The summed E-state index contributed by atoms with van der Waals surface area (Å²) in [6.07, 6.45) is 0. The van der Waals surface area contributed by atoms with Gasteiger partial charge in [-0.3, -0.25) is 0 Å². The lowest BCUT2D eigenvalue weighted by Gasteiger charge is -2.00. The Hall–Kier alpha value is 0.120. The zero-order valence-corrected chi connectivity index (χ0v) is 11.2. The molecule has 2 nitrogen and oxygen atoms in total. The first-order valence-corrected chi connectivity index (χ1v) is 6.19. The molecule has 0 amide bonds. The number of nitrogens with zero attached hydrogens (tertiary/aromatic N) is 1. The zero-order chi connectivity index (χ0) is 9.42. The molecule has 0 saturated heterocycles. The minimum Gasteiger partial charge on any atom is -0.495 e. The van der Waals surface area contributed by atoms with Gasteiger partial charge in [0, 0.05) is 4.47 Å². The summed E-state index contributed by atoms with van der Waals surface area (Å²) in [7, 11) is 1.68. The van der Waals surface area contributed by atoms with Crippen molar-refractivity contribution in [2.24, 2.45) is 0 Å². The second-order valence-electron chi connectivity index (χ2n) is 2.39. The number of hydrogen-bond acceptors (Lipinski definition) is 3. The summed E-state index contributed by atoms with van der Waals surface area (Å²) in [4.78, 5) is 4.40. The molecule has 2 aromatic rings. The molecule has 1 aromatic heterocycles. The van der Waals surface area contributed by atoms with Crippen molar-refractivity contribution in [2.45, 2.75) is 0 Å². The van der Waals surface area contributed by atoms with Crippen LogP contribution in [0.4, 0.5) is 0 Å². The van der Waals surface area contributed by atoms with Gasteiger partial charge >= 0.3 is 0 Å². The fourth-order valence-corrected chi connectivity index (χ4v) is 3.35. The Morgan fingerprint density at radius 2 is 2.31 bits per heavy atom. The van der Waals surface area contributed by atoms with Crippen molar-refractivity contribution >= 4 is 60.1 Å². The van der Waals surface area contributed by atoms with E-state index in [0.29, 0.717) is 0 Å². The molecule has 0 aliphatic heterocycles. The molecule has 5 heteroatoms. The lowest BCUT2D eigenvalue weighted by Crippen LogP contribution is -1.82. The molecule has 0 aliphatic carbocycles. The van der Waals surface area contributed by atoms with Gasteiger partial charge in [0.25, 0.3) is 0 Å². The van der Waals surface area contributed by atoms with Crippen LogP contribution in [0, 0.1) is 3.01 Å². The molecule has 1 aromatic carbocycles. The van der Waals surface area contributed by atoms with Gasteiger partial charge < -0.3 is 4.74 Å². The molecule has 0 aliphatic rings. The van der Waals surface area contributed by atoms with Gasteiger partial charge in [0.2, 0.25) is 0 Å². The number of ether oxygens (including phenoxy) is 1. The highest BCUT2D eigenvalue weighted by atomic mass is 127. The molecule has 13 heavy (non-hydrogen) atoms. The molecule has 2 rings (SSSR count). The maximum absolute atomic E-state index is 5.24. The van der Waals surface area contributed by atoms with E-state index in [1.54, 1.807) is 18.4 Å². The van der Waals surface area contributed by atoms with E-state index >= 15 is 0 Å². The second kappa shape index (κ2) is 3.70. The summed E-state index contributed by atoms with van der Waals surface area (Å²) in [5, 5.41) is 0. The average Bonchev–Trinajstić information content (AvgIpc) is 2.48. The number of rotatable bonds is 1. The number of methoxy groups -OCH3 is 1. The van der Waals surface area contributed by atoms with E-state index in [1.165, 1.54) is 0 Å². The topological polar surface area (TPSA) is 22.1 Å². The van der Waals surface area contributed by atoms with Crippen LogP contribution in [0.1, 0.15) is 0 Å². The zero-order valence-electron chi connectivity index (χ0n) is 6.67. The van der Waals surface area contributed by atoms with Crippen LogP contribution in [0.3, 0.4) is 0 Å². The van der Waals surface area contributed by atoms with E-state index in [9.17, 15) is 0 Å². The van der Waals surface area contributed by atoms with Crippen molar-refractivity contribution in [1.82, 2.24) is 4.98 Å². The third-order valence-corrected chi connectivity index (χ3v) is 4.05.